The number of quaternary nitrogens is 1. The van der Waals surface area contributed by atoms with E-state index in [0.29, 0.717) is 12.5 Å². The average molecular weight is 329 g/mol. The smallest absolute Gasteiger partial charge is 0.279 e. The van der Waals surface area contributed by atoms with Crippen LogP contribution >= 0.6 is 0 Å². The second kappa shape index (κ2) is 8.06. The molecule has 0 aliphatic rings. The Morgan fingerprint density at radius 3 is 2.38 bits per heavy atom. The zero-order valence-corrected chi connectivity index (χ0v) is 14.8. The van der Waals surface area contributed by atoms with Gasteiger partial charge in [0, 0.05) is 17.2 Å². The van der Waals surface area contributed by atoms with E-state index in [1.165, 1.54) is 17.7 Å². The topological polar surface area (TPSA) is 45.7 Å². The summed E-state index contributed by atoms with van der Waals surface area (Å²) in [5, 5.41) is 4.97. The maximum absolute atomic E-state index is 13.1. The van der Waals surface area contributed by atoms with Gasteiger partial charge in [-0.05, 0) is 37.6 Å². The molecule has 0 saturated heterocycles. The summed E-state index contributed by atoms with van der Waals surface area (Å²) in [6, 6.07) is 12.6. The fourth-order valence-corrected chi connectivity index (χ4v) is 2.87. The molecule has 0 unspecified atom stereocenters. The van der Waals surface area contributed by atoms with Gasteiger partial charge >= 0.3 is 0 Å². The normalized spacial score (nSPS) is 12.2. The van der Waals surface area contributed by atoms with Gasteiger partial charge in [0.1, 0.15) is 11.9 Å². The Kier molecular flexibility index (Phi) is 6.10. The van der Waals surface area contributed by atoms with Gasteiger partial charge in [0.15, 0.2) is 6.54 Å². The van der Waals surface area contributed by atoms with Gasteiger partial charge in [0.05, 0.1) is 0 Å². The molecule has 0 aliphatic carbocycles. The molecule has 0 saturated carbocycles. The molecule has 2 aromatic rings. The fourth-order valence-electron chi connectivity index (χ4n) is 2.87. The third-order valence-corrected chi connectivity index (χ3v) is 4.19. The van der Waals surface area contributed by atoms with Gasteiger partial charge in [0.25, 0.3) is 5.91 Å². The van der Waals surface area contributed by atoms with Crippen LogP contribution in [0.15, 0.2) is 42.5 Å². The summed E-state index contributed by atoms with van der Waals surface area (Å²) in [5.74, 6) is 0.0629. The van der Waals surface area contributed by atoms with E-state index in [4.69, 9.17) is 0 Å². The van der Waals surface area contributed by atoms with E-state index < -0.39 is 0 Å². The molecule has 0 aliphatic heterocycles. The van der Waals surface area contributed by atoms with Crippen LogP contribution in [0.4, 0.5) is 10.1 Å². The molecular formula is C20H26FN2O+. The number of nitrogens with two attached hydrogens (primary N) is 1. The number of aryl methyl sites for hydroxylation is 2. The number of anilines is 1. The van der Waals surface area contributed by atoms with Crippen LogP contribution in [0, 0.1) is 25.6 Å². The highest BCUT2D eigenvalue weighted by molar-refractivity contribution is 5.92. The number of hydrogen-bond donors (Lipinski definition) is 2. The van der Waals surface area contributed by atoms with Crippen molar-refractivity contribution < 1.29 is 14.5 Å². The highest BCUT2D eigenvalue weighted by Gasteiger charge is 2.20. The van der Waals surface area contributed by atoms with Gasteiger partial charge in [-0.15, -0.1) is 0 Å². The van der Waals surface area contributed by atoms with Crippen LogP contribution in [0.3, 0.4) is 0 Å². The zero-order valence-electron chi connectivity index (χ0n) is 14.8. The maximum Gasteiger partial charge on any atom is 0.279 e. The summed E-state index contributed by atoms with van der Waals surface area (Å²) in [7, 11) is 0. The van der Waals surface area contributed by atoms with E-state index in [9.17, 15) is 9.18 Å². The van der Waals surface area contributed by atoms with Crippen molar-refractivity contribution in [1.82, 2.24) is 0 Å². The van der Waals surface area contributed by atoms with E-state index in [0.717, 1.165) is 16.8 Å². The maximum atomic E-state index is 13.1. The second-order valence-electron chi connectivity index (χ2n) is 6.63. The highest BCUT2D eigenvalue weighted by atomic mass is 19.1. The number of amides is 1. The Labute approximate surface area is 143 Å². The molecule has 0 bridgehead atoms. The molecule has 1 atom stereocenters. The number of benzene rings is 2. The molecule has 128 valence electrons. The summed E-state index contributed by atoms with van der Waals surface area (Å²) in [5.41, 5.74) is 4.11. The minimum atomic E-state index is -0.242. The average Bonchev–Trinajstić information content (AvgIpc) is 2.52. The molecule has 2 rings (SSSR count). The summed E-state index contributed by atoms with van der Waals surface area (Å²) >= 11 is 0. The first-order chi connectivity index (χ1) is 11.4. The monoisotopic (exact) mass is 329 g/mol. The van der Waals surface area contributed by atoms with Crippen molar-refractivity contribution in [1.29, 1.82) is 0 Å². The van der Waals surface area contributed by atoms with Crippen molar-refractivity contribution in [3.8, 4) is 0 Å². The SMILES string of the molecule is Cc1ccc(NC(=O)C[NH2+][C@@H](c2ccc(F)cc2)C(C)C)c(C)c1. The number of rotatable bonds is 6. The van der Waals surface area contributed by atoms with Crippen LogP contribution in [0.5, 0.6) is 0 Å². The standard InChI is InChI=1S/C20H25FN2O/c1-13(2)20(16-6-8-17(21)9-7-16)22-12-19(24)23-18-10-5-14(3)11-15(18)4/h5-11,13,20,22H,12H2,1-4H3,(H,23,24)/p+1/t20-/m1/s1. The Bertz CT molecular complexity index is 695. The van der Waals surface area contributed by atoms with Crippen LogP contribution in [-0.4, -0.2) is 12.5 Å². The van der Waals surface area contributed by atoms with E-state index in [1.807, 2.05) is 31.3 Å². The molecule has 4 heteroatoms. The molecule has 0 aromatic heterocycles. The van der Waals surface area contributed by atoms with Crippen molar-refractivity contribution in [2.24, 2.45) is 5.92 Å². The predicted molar refractivity (Wildman–Crippen MR) is 95.3 cm³/mol. The van der Waals surface area contributed by atoms with Crippen molar-refractivity contribution >= 4 is 11.6 Å². The number of halogens is 1. The van der Waals surface area contributed by atoms with Crippen molar-refractivity contribution in [3.05, 3.63) is 65.0 Å². The molecule has 24 heavy (non-hydrogen) atoms. The zero-order chi connectivity index (χ0) is 17.7. The van der Waals surface area contributed by atoms with Crippen LogP contribution in [0.25, 0.3) is 0 Å². The third-order valence-electron chi connectivity index (χ3n) is 4.19. The highest BCUT2D eigenvalue weighted by Crippen LogP contribution is 2.18. The number of carbonyl (C=O) groups is 1. The Balaban J connectivity index is 1.98. The lowest BCUT2D eigenvalue weighted by atomic mass is 9.96. The minimum Gasteiger partial charge on any atom is -0.332 e. The number of carbonyl (C=O) groups excluding carboxylic acids is 1. The third kappa shape index (κ3) is 4.90. The first-order valence-corrected chi connectivity index (χ1v) is 8.32. The van der Waals surface area contributed by atoms with Crippen molar-refractivity contribution in [2.75, 3.05) is 11.9 Å². The van der Waals surface area contributed by atoms with E-state index in [2.05, 4.69) is 25.2 Å². The van der Waals surface area contributed by atoms with Crippen LogP contribution in [0.2, 0.25) is 0 Å². The molecule has 0 spiro atoms. The quantitative estimate of drug-likeness (QED) is 0.839. The van der Waals surface area contributed by atoms with Crippen LogP contribution in [0.1, 0.15) is 36.6 Å². The van der Waals surface area contributed by atoms with Crippen LogP contribution in [-0.2, 0) is 4.79 Å². The lowest BCUT2D eigenvalue weighted by Gasteiger charge is -2.19. The molecule has 0 fully saturated rings. The van der Waals surface area contributed by atoms with E-state index in [1.54, 1.807) is 12.1 Å². The number of hydrogen-bond acceptors (Lipinski definition) is 1. The van der Waals surface area contributed by atoms with Gasteiger partial charge in [0.2, 0.25) is 0 Å². The van der Waals surface area contributed by atoms with E-state index >= 15 is 0 Å². The molecule has 2 aromatic carbocycles. The molecule has 3 N–H and O–H groups in total. The van der Waals surface area contributed by atoms with Gasteiger partial charge in [-0.25, -0.2) is 4.39 Å². The lowest BCUT2D eigenvalue weighted by Crippen LogP contribution is -2.88. The Morgan fingerprint density at radius 2 is 1.79 bits per heavy atom. The summed E-state index contributed by atoms with van der Waals surface area (Å²) in [6.45, 7) is 8.55. The predicted octanol–water partition coefficient (Wildman–Crippen LogP) is 3.34. The van der Waals surface area contributed by atoms with Crippen molar-refractivity contribution in [3.63, 3.8) is 0 Å². The Morgan fingerprint density at radius 1 is 1.12 bits per heavy atom. The van der Waals surface area contributed by atoms with Gasteiger partial charge in [-0.3, -0.25) is 4.79 Å². The molecule has 0 radical (unpaired) electrons. The fraction of sp³-hybridized carbons (Fsp3) is 0.350. The van der Waals surface area contributed by atoms with E-state index in [-0.39, 0.29) is 17.8 Å². The first kappa shape index (κ1) is 18.1. The molecule has 0 heterocycles. The lowest BCUT2D eigenvalue weighted by molar-refractivity contribution is -0.692. The molecule has 3 nitrogen and oxygen atoms in total. The summed E-state index contributed by atoms with van der Waals surface area (Å²) < 4.78 is 13.1. The largest absolute Gasteiger partial charge is 0.332 e. The Hall–Kier alpha value is -2.20. The molecule has 1 amide bonds. The number of nitrogens with one attached hydrogen (secondary N) is 1. The summed E-state index contributed by atoms with van der Waals surface area (Å²) in [6.07, 6.45) is 0. The van der Waals surface area contributed by atoms with Gasteiger partial charge in [-0.1, -0.05) is 43.7 Å². The van der Waals surface area contributed by atoms with Crippen LogP contribution < -0.4 is 10.6 Å². The summed E-state index contributed by atoms with van der Waals surface area (Å²) in [4.78, 5) is 12.3. The van der Waals surface area contributed by atoms with Gasteiger partial charge < -0.3 is 10.6 Å². The van der Waals surface area contributed by atoms with Crippen molar-refractivity contribution in [2.45, 2.75) is 33.7 Å². The minimum absolute atomic E-state index is 0.0327. The van der Waals surface area contributed by atoms with Gasteiger partial charge in [-0.2, -0.15) is 0 Å². The molecular weight excluding hydrogens is 303 g/mol. The second-order valence-corrected chi connectivity index (χ2v) is 6.63. The first-order valence-electron chi connectivity index (χ1n) is 8.32.